The molecule has 2 atom stereocenters. The molecule has 0 bridgehead atoms. The SMILES string of the molecule is Cn1[nH]c(=O)c(=O)nc1SC1CCCCC1O. The van der Waals surface area contributed by atoms with Crippen molar-refractivity contribution in [2.75, 3.05) is 0 Å². The van der Waals surface area contributed by atoms with Crippen molar-refractivity contribution < 1.29 is 5.11 Å². The van der Waals surface area contributed by atoms with Crippen LogP contribution in [-0.4, -0.2) is 31.2 Å². The lowest BCUT2D eigenvalue weighted by molar-refractivity contribution is 0.136. The minimum absolute atomic E-state index is 0.0488. The van der Waals surface area contributed by atoms with Crippen LogP contribution in [0.5, 0.6) is 0 Å². The van der Waals surface area contributed by atoms with Gasteiger partial charge in [0.05, 0.1) is 6.10 Å². The molecule has 6 nitrogen and oxygen atoms in total. The molecule has 0 amide bonds. The summed E-state index contributed by atoms with van der Waals surface area (Å²) in [5, 5.41) is 12.7. The zero-order valence-corrected chi connectivity index (χ0v) is 10.4. The minimum Gasteiger partial charge on any atom is -0.392 e. The number of aromatic amines is 1. The maximum atomic E-state index is 11.2. The normalized spacial score (nSPS) is 24.8. The molecular formula is C10H15N3O3S. The first-order valence-electron chi connectivity index (χ1n) is 5.60. The molecule has 0 saturated heterocycles. The zero-order chi connectivity index (χ0) is 12.4. The average Bonchev–Trinajstić information content (AvgIpc) is 2.29. The summed E-state index contributed by atoms with van der Waals surface area (Å²) in [4.78, 5) is 25.9. The fourth-order valence-corrected chi connectivity index (χ4v) is 3.10. The minimum atomic E-state index is -0.782. The molecule has 0 aromatic carbocycles. The number of aryl methyl sites for hydroxylation is 1. The van der Waals surface area contributed by atoms with Gasteiger partial charge in [0.1, 0.15) is 0 Å². The van der Waals surface area contributed by atoms with Gasteiger partial charge < -0.3 is 5.11 Å². The second-order valence-electron chi connectivity index (χ2n) is 4.21. The maximum Gasteiger partial charge on any atom is 0.339 e. The second-order valence-corrected chi connectivity index (χ2v) is 5.41. The van der Waals surface area contributed by atoms with E-state index in [2.05, 4.69) is 10.1 Å². The van der Waals surface area contributed by atoms with Crippen LogP contribution >= 0.6 is 11.8 Å². The highest BCUT2D eigenvalue weighted by Crippen LogP contribution is 2.31. The van der Waals surface area contributed by atoms with Crippen molar-refractivity contribution in [2.24, 2.45) is 7.05 Å². The number of hydrogen-bond donors (Lipinski definition) is 2. The molecule has 2 rings (SSSR count). The van der Waals surface area contributed by atoms with Gasteiger partial charge in [-0.3, -0.25) is 19.4 Å². The summed E-state index contributed by atoms with van der Waals surface area (Å²) in [6.07, 6.45) is 3.44. The number of aliphatic hydroxyl groups is 1. The van der Waals surface area contributed by atoms with E-state index in [1.807, 2.05) is 0 Å². The molecule has 0 radical (unpaired) electrons. The topological polar surface area (TPSA) is 88.0 Å². The summed E-state index contributed by atoms with van der Waals surface area (Å²) in [6.45, 7) is 0. The van der Waals surface area contributed by atoms with Crippen molar-refractivity contribution in [3.63, 3.8) is 0 Å². The molecule has 1 fully saturated rings. The standard InChI is InChI=1S/C10H15N3O3S/c1-13-10(11-8(15)9(16)12-13)17-7-5-3-2-4-6(7)14/h6-7,14H,2-5H2,1H3,(H,12,16). The van der Waals surface area contributed by atoms with E-state index in [-0.39, 0.29) is 11.4 Å². The van der Waals surface area contributed by atoms with Crippen LogP contribution in [0.1, 0.15) is 25.7 Å². The van der Waals surface area contributed by atoms with Crippen LogP contribution in [0.4, 0.5) is 0 Å². The van der Waals surface area contributed by atoms with Gasteiger partial charge in [0, 0.05) is 12.3 Å². The summed E-state index contributed by atoms with van der Waals surface area (Å²) in [7, 11) is 1.63. The van der Waals surface area contributed by atoms with Crippen molar-refractivity contribution in [1.29, 1.82) is 0 Å². The third-order valence-corrected chi connectivity index (χ3v) is 4.30. The lowest BCUT2D eigenvalue weighted by atomic mass is 9.97. The molecule has 1 aromatic rings. The van der Waals surface area contributed by atoms with Gasteiger partial charge in [0.2, 0.25) is 0 Å². The molecule has 94 valence electrons. The van der Waals surface area contributed by atoms with Gasteiger partial charge in [-0.15, -0.1) is 0 Å². The molecule has 17 heavy (non-hydrogen) atoms. The Morgan fingerprint density at radius 1 is 1.41 bits per heavy atom. The first kappa shape index (κ1) is 12.4. The molecule has 0 aliphatic heterocycles. The van der Waals surface area contributed by atoms with E-state index in [1.54, 1.807) is 7.05 Å². The number of aromatic nitrogens is 3. The predicted molar refractivity (Wildman–Crippen MR) is 64.2 cm³/mol. The van der Waals surface area contributed by atoms with Crippen LogP contribution in [0.15, 0.2) is 14.7 Å². The van der Waals surface area contributed by atoms with Crippen LogP contribution in [-0.2, 0) is 7.05 Å². The quantitative estimate of drug-likeness (QED) is 0.720. The van der Waals surface area contributed by atoms with Gasteiger partial charge in [0.25, 0.3) is 0 Å². The van der Waals surface area contributed by atoms with Gasteiger partial charge >= 0.3 is 11.1 Å². The maximum absolute atomic E-state index is 11.2. The van der Waals surface area contributed by atoms with E-state index >= 15 is 0 Å². The van der Waals surface area contributed by atoms with E-state index in [9.17, 15) is 14.7 Å². The Bertz CT molecular complexity index is 510. The summed E-state index contributed by atoms with van der Waals surface area (Å²) in [5.74, 6) is 0. The number of rotatable bonds is 2. The van der Waals surface area contributed by atoms with Crippen molar-refractivity contribution in [3.05, 3.63) is 20.7 Å². The summed E-state index contributed by atoms with van der Waals surface area (Å²) >= 11 is 1.35. The van der Waals surface area contributed by atoms with E-state index in [0.717, 1.165) is 25.7 Å². The third kappa shape index (κ3) is 2.78. The van der Waals surface area contributed by atoms with E-state index < -0.39 is 11.1 Å². The third-order valence-electron chi connectivity index (χ3n) is 2.87. The lowest BCUT2D eigenvalue weighted by Gasteiger charge is -2.26. The highest BCUT2D eigenvalue weighted by Gasteiger charge is 2.25. The number of aliphatic hydroxyl groups excluding tert-OH is 1. The average molecular weight is 257 g/mol. The van der Waals surface area contributed by atoms with Crippen molar-refractivity contribution in [2.45, 2.75) is 42.2 Å². The molecular weight excluding hydrogens is 242 g/mol. The van der Waals surface area contributed by atoms with Gasteiger partial charge in [0.15, 0.2) is 5.16 Å². The number of nitrogens with one attached hydrogen (secondary N) is 1. The van der Waals surface area contributed by atoms with E-state index in [1.165, 1.54) is 16.4 Å². The fraction of sp³-hybridized carbons (Fsp3) is 0.700. The molecule has 7 heteroatoms. The Morgan fingerprint density at radius 2 is 2.12 bits per heavy atom. The first-order chi connectivity index (χ1) is 8.08. The molecule has 1 saturated carbocycles. The van der Waals surface area contributed by atoms with Crippen molar-refractivity contribution in [1.82, 2.24) is 14.8 Å². The second kappa shape index (κ2) is 5.05. The number of thioether (sulfide) groups is 1. The molecule has 1 aliphatic rings. The van der Waals surface area contributed by atoms with E-state index in [0.29, 0.717) is 5.16 Å². The Balaban J connectivity index is 2.20. The highest BCUT2D eigenvalue weighted by atomic mass is 32.2. The van der Waals surface area contributed by atoms with Crippen LogP contribution in [0.2, 0.25) is 0 Å². The van der Waals surface area contributed by atoms with Gasteiger partial charge in [-0.1, -0.05) is 24.6 Å². The summed E-state index contributed by atoms with van der Waals surface area (Å²) in [5.41, 5.74) is -1.50. The lowest BCUT2D eigenvalue weighted by Crippen LogP contribution is -2.35. The summed E-state index contributed by atoms with van der Waals surface area (Å²) in [6, 6.07) is 0. The summed E-state index contributed by atoms with van der Waals surface area (Å²) < 4.78 is 1.43. The van der Waals surface area contributed by atoms with Gasteiger partial charge in [-0.05, 0) is 12.8 Å². The van der Waals surface area contributed by atoms with E-state index in [4.69, 9.17) is 0 Å². The number of hydrogen-bond acceptors (Lipinski definition) is 5. The smallest absolute Gasteiger partial charge is 0.339 e. The number of H-pyrrole nitrogens is 1. The van der Waals surface area contributed by atoms with Gasteiger partial charge in [-0.2, -0.15) is 4.98 Å². The Hall–Kier alpha value is -1.08. The highest BCUT2D eigenvalue weighted by molar-refractivity contribution is 7.99. The van der Waals surface area contributed by atoms with Crippen LogP contribution in [0.3, 0.4) is 0 Å². The molecule has 1 aliphatic carbocycles. The van der Waals surface area contributed by atoms with Crippen molar-refractivity contribution >= 4 is 11.8 Å². The number of nitrogens with zero attached hydrogens (tertiary/aromatic N) is 2. The van der Waals surface area contributed by atoms with Crippen LogP contribution < -0.4 is 11.1 Å². The van der Waals surface area contributed by atoms with Crippen LogP contribution in [0, 0.1) is 0 Å². The molecule has 0 spiro atoms. The molecule has 2 N–H and O–H groups in total. The largest absolute Gasteiger partial charge is 0.392 e. The Kier molecular flexibility index (Phi) is 3.68. The fourth-order valence-electron chi connectivity index (χ4n) is 1.92. The Labute approximate surface area is 102 Å². The Morgan fingerprint density at radius 3 is 2.82 bits per heavy atom. The van der Waals surface area contributed by atoms with Crippen LogP contribution in [0.25, 0.3) is 0 Å². The van der Waals surface area contributed by atoms with Crippen molar-refractivity contribution in [3.8, 4) is 0 Å². The molecule has 1 aromatic heterocycles. The predicted octanol–water partition coefficient (Wildman–Crippen LogP) is -0.136. The molecule has 1 heterocycles. The van der Waals surface area contributed by atoms with Gasteiger partial charge in [-0.25, -0.2) is 0 Å². The first-order valence-corrected chi connectivity index (χ1v) is 6.48. The molecule has 2 unspecified atom stereocenters. The zero-order valence-electron chi connectivity index (χ0n) is 9.55. The monoisotopic (exact) mass is 257 g/mol.